The van der Waals surface area contributed by atoms with Crippen molar-refractivity contribution < 1.29 is 32.2 Å². The highest BCUT2D eigenvalue weighted by atomic mass is 19.2. The highest BCUT2D eigenvalue weighted by Crippen LogP contribution is 2.15. The fraction of sp³-hybridized carbons (Fsp3) is 0.652. The van der Waals surface area contributed by atoms with E-state index in [0.717, 1.165) is 31.4 Å². The lowest BCUT2D eigenvalue weighted by Crippen LogP contribution is -2.11. The van der Waals surface area contributed by atoms with Crippen LogP contribution in [-0.2, 0) is 25.7 Å². The van der Waals surface area contributed by atoms with Gasteiger partial charge in [-0.15, -0.1) is 0 Å². The third kappa shape index (κ3) is 11.8. The second kappa shape index (κ2) is 15.7. The predicted octanol–water partition coefficient (Wildman–Crippen LogP) is 6.39. The number of carbonyl (C=O) groups excluding carboxylic acids is 2. The minimum atomic E-state index is -1.57. The van der Waals surface area contributed by atoms with E-state index in [1.807, 2.05) is 0 Å². The Bertz CT molecular complexity index is 626. The van der Waals surface area contributed by atoms with E-state index in [4.69, 9.17) is 9.47 Å². The average Bonchev–Trinajstić information content (AvgIpc) is 2.72. The summed E-state index contributed by atoms with van der Waals surface area (Å²) in [6.45, 7) is 2.14. The number of hydrogen-bond acceptors (Lipinski definition) is 4. The van der Waals surface area contributed by atoms with Crippen molar-refractivity contribution in [1.29, 1.82) is 0 Å². The van der Waals surface area contributed by atoms with E-state index in [2.05, 4.69) is 6.92 Å². The Morgan fingerprint density at radius 1 is 0.733 bits per heavy atom. The Kier molecular flexibility index (Phi) is 13.6. The van der Waals surface area contributed by atoms with Gasteiger partial charge in [0, 0.05) is 0 Å². The van der Waals surface area contributed by atoms with E-state index in [0.29, 0.717) is 6.61 Å². The lowest BCUT2D eigenvalue weighted by Gasteiger charge is -2.07. The van der Waals surface area contributed by atoms with Gasteiger partial charge in [-0.1, -0.05) is 64.7 Å². The van der Waals surface area contributed by atoms with Crippen LogP contribution in [0.15, 0.2) is 12.1 Å². The van der Waals surface area contributed by atoms with Gasteiger partial charge in [-0.25, -0.2) is 13.2 Å². The highest BCUT2D eigenvalue weighted by Gasteiger charge is 2.13. The van der Waals surface area contributed by atoms with Crippen LogP contribution < -0.4 is 0 Å². The van der Waals surface area contributed by atoms with Crippen LogP contribution in [0, 0.1) is 17.5 Å². The molecular weight excluding hydrogens is 397 g/mol. The summed E-state index contributed by atoms with van der Waals surface area (Å²) in [7, 11) is 0. The molecule has 0 spiro atoms. The quantitative estimate of drug-likeness (QED) is 0.173. The number of hydrogen-bond donors (Lipinski definition) is 0. The second-order valence-electron chi connectivity index (χ2n) is 7.44. The third-order valence-corrected chi connectivity index (χ3v) is 4.74. The zero-order chi connectivity index (χ0) is 22.2. The fourth-order valence-electron chi connectivity index (χ4n) is 2.98. The lowest BCUT2D eigenvalue weighted by atomic mass is 10.1. The molecule has 0 aliphatic carbocycles. The topological polar surface area (TPSA) is 52.6 Å². The molecule has 0 fully saturated rings. The number of carbonyl (C=O) groups is 2. The molecule has 0 unspecified atom stereocenters. The molecule has 0 bridgehead atoms. The summed E-state index contributed by atoms with van der Waals surface area (Å²) in [5.74, 6) is -5.46. The molecule has 0 atom stereocenters. The summed E-state index contributed by atoms with van der Waals surface area (Å²) in [5.41, 5.74) is -0.0108. The van der Waals surface area contributed by atoms with Crippen LogP contribution in [0.1, 0.15) is 89.5 Å². The number of ether oxygens (including phenoxy) is 2. The maximum absolute atomic E-state index is 13.1. The highest BCUT2D eigenvalue weighted by molar-refractivity contribution is 5.77. The van der Waals surface area contributed by atoms with Crippen molar-refractivity contribution in [2.75, 3.05) is 6.61 Å². The first-order valence-electron chi connectivity index (χ1n) is 10.9. The Balaban J connectivity index is 2.01. The van der Waals surface area contributed by atoms with Crippen LogP contribution >= 0.6 is 0 Å². The molecule has 0 saturated carbocycles. The number of unbranched alkanes of at least 4 members (excludes halogenated alkanes) is 9. The van der Waals surface area contributed by atoms with Gasteiger partial charge in [0.2, 0.25) is 0 Å². The first-order valence-corrected chi connectivity index (χ1v) is 10.9. The van der Waals surface area contributed by atoms with E-state index < -0.39 is 36.0 Å². The molecule has 1 aromatic rings. The molecule has 0 aromatic heterocycles. The molecule has 0 N–H and O–H groups in total. The predicted molar refractivity (Wildman–Crippen MR) is 108 cm³/mol. The van der Waals surface area contributed by atoms with Crippen LogP contribution in [0.5, 0.6) is 0 Å². The molecule has 4 nitrogen and oxygen atoms in total. The number of rotatable bonds is 16. The summed E-state index contributed by atoms with van der Waals surface area (Å²) < 4.78 is 49.0. The molecular formula is C23H33F3O4. The normalized spacial score (nSPS) is 10.8. The molecule has 0 radical (unpaired) electrons. The van der Waals surface area contributed by atoms with Crippen molar-refractivity contribution in [2.24, 2.45) is 0 Å². The second-order valence-corrected chi connectivity index (χ2v) is 7.44. The average molecular weight is 431 g/mol. The number of esters is 2. The molecule has 1 rings (SSSR count). The summed E-state index contributed by atoms with van der Waals surface area (Å²) in [6, 6.07) is 1.51. The monoisotopic (exact) mass is 430 g/mol. The van der Waals surface area contributed by atoms with E-state index in [1.165, 1.54) is 44.9 Å². The van der Waals surface area contributed by atoms with Crippen LogP contribution in [0.4, 0.5) is 13.2 Å². The molecule has 0 aliphatic heterocycles. The minimum absolute atomic E-state index is 0.0108. The zero-order valence-corrected chi connectivity index (χ0v) is 17.8. The van der Waals surface area contributed by atoms with E-state index in [9.17, 15) is 22.8 Å². The Labute approximate surface area is 177 Å². The van der Waals surface area contributed by atoms with Crippen molar-refractivity contribution >= 4 is 11.9 Å². The summed E-state index contributed by atoms with van der Waals surface area (Å²) >= 11 is 0. The SMILES string of the molecule is CCCCCCCCCCCCOC(=O)CCC(=O)OCc1cc(F)c(F)c(F)c1. The van der Waals surface area contributed by atoms with Gasteiger partial charge in [-0.05, 0) is 24.1 Å². The largest absolute Gasteiger partial charge is 0.466 e. The first-order chi connectivity index (χ1) is 14.4. The van der Waals surface area contributed by atoms with Gasteiger partial charge >= 0.3 is 11.9 Å². The van der Waals surface area contributed by atoms with Crippen LogP contribution in [0.25, 0.3) is 0 Å². The van der Waals surface area contributed by atoms with Crippen molar-refractivity contribution in [1.82, 2.24) is 0 Å². The summed E-state index contributed by atoms with van der Waals surface area (Å²) in [5, 5.41) is 0. The number of benzene rings is 1. The van der Waals surface area contributed by atoms with E-state index in [1.54, 1.807) is 0 Å². The summed E-state index contributed by atoms with van der Waals surface area (Å²) in [6.07, 6.45) is 11.6. The Morgan fingerprint density at radius 2 is 1.20 bits per heavy atom. The molecule has 30 heavy (non-hydrogen) atoms. The molecule has 170 valence electrons. The molecule has 7 heteroatoms. The van der Waals surface area contributed by atoms with Gasteiger partial charge in [0.1, 0.15) is 6.61 Å². The van der Waals surface area contributed by atoms with Crippen LogP contribution in [0.2, 0.25) is 0 Å². The first kappa shape index (κ1) is 26.0. The zero-order valence-electron chi connectivity index (χ0n) is 17.8. The minimum Gasteiger partial charge on any atom is -0.466 e. The molecule has 0 amide bonds. The van der Waals surface area contributed by atoms with Gasteiger partial charge < -0.3 is 9.47 Å². The van der Waals surface area contributed by atoms with Crippen molar-refractivity contribution in [3.05, 3.63) is 35.1 Å². The van der Waals surface area contributed by atoms with Crippen molar-refractivity contribution in [3.8, 4) is 0 Å². The lowest BCUT2D eigenvalue weighted by molar-refractivity contribution is -0.151. The third-order valence-electron chi connectivity index (χ3n) is 4.74. The number of halogens is 3. The molecule has 0 saturated heterocycles. The fourth-order valence-corrected chi connectivity index (χ4v) is 2.98. The van der Waals surface area contributed by atoms with Gasteiger partial charge in [0.15, 0.2) is 17.5 Å². The van der Waals surface area contributed by atoms with E-state index >= 15 is 0 Å². The van der Waals surface area contributed by atoms with Crippen LogP contribution in [-0.4, -0.2) is 18.5 Å². The van der Waals surface area contributed by atoms with Crippen molar-refractivity contribution in [3.63, 3.8) is 0 Å². The standard InChI is InChI=1S/C23H33F3O4/c1-2-3-4-5-6-7-8-9-10-11-14-29-21(27)12-13-22(28)30-17-18-15-19(24)23(26)20(25)16-18/h15-16H,2-14,17H2,1H3. The molecule has 0 heterocycles. The molecule has 1 aromatic carbocycles. The van der Waals surface area contributed by atoms with Gasteiger partial charge in [0.25, 0.3) is 0 Å². The summed E-state index contributed by atoms with van der Waals surface area (Å²) in [4.78, 5) is 23.3. The molecule has 0 aliphatic rings. The Hall–Kier alpha value is -2.05. The van der Waals surface area contributed by atoms with Gasteiger partial charge in [0.05, 0.1) is 19.4 Å². The van der Waals surface area contributed by atoms with Gasteiger partial charge in [-0.2, -0.15) is 0 Å². The maximum atomic E-state index is 13.1. The van der Waals surface area contributed by atoms with Crippen molar-refractivity contribution in [2.45, 2.75) is 90.6 Å². The smallest absolute Gasteiger partial charge is 0.306 e. The van der Waals surface area contributed by atoms with Crippen LogP contribution in [0.3, 0.4) is 0 Å². The van der Waals surface area contributed by atoms with E-state index in [-0.39, 0.29) is 18.4 Å². The van der Waals surface area contributed by atoms with Gasteiger partial charge in [-0.3, -0.25) is 9.59 Å². The maximum Gasteiger partial charge on any atom is 0.306 e. The Morgan fingerprint density at radius 3 is 1.73 bits per heavy atom.